The molecule has 2 N–H and O–H groups in total. The summed E-state index contributed by atoms with van der Waals surface area (Å²) in [7, 11) is -4.68. The van der Waals surface area contributed by atoms with Gasteiger partial charge in [-0.15, -0.1) is 0 Å². The molecule has 0 spiro atoms. The van der Waals surface area contributed by atoms with Crippen LogP contribution in [0.2, 0.25) is 0 Å². The van der Waals surface area contributed by atoms with Gasteiger partial charge in [0.05, 0.1) is 5.54 Å². The Morgan fingerprint density at radius 2 is 1.81 bits per heavy atom. The first kappa shape index (κ1) is 16.2. The van der Waals surface area contributed by atoms with Crippen molar-refractivity contribution in [1.82, 2.24) is 0 Å². The second-order valence-electron chi connectivity index (χ2n) is 5.46. The van der Waals surface area contributed by atoms with Crippen LogP contribution >= 0.6 is 0 Å². The Kier molecular flexibility index (Phi) is 4.83. The van der Waals surface area contributed by atoms with Crippen LogP contribution in [0, 0.1) is 0 Å². The number of benzene rings is 1. The number of sulfone groups is 1. The number of rotatable bonds is 5. The topological polar surface area (TPSA) is 69.4 Å². The van der Waals surface area contributed by atoms with E-state index in [1.807, 2.05) is 0 Å². The van der Waals surface area contributed by atoms with Gasteiger partial charge in [0.2, 0.25) is 9.84 Å². The molecule has 0 bridgehead atoms. The lowest BCUT2D eigenvalue weighted by atomic mass is 9.83. The van der Waals surface area contributed by atoms with Crippen molar-refractivity contribution in [3.63, 3.8) is 0 Å². The van der Waals surface area contributed by atoms with Gasteiger partial charge >= 0.3 is 5.76 Å². The SMILES string of the molecule is NC1(COc2ccccc2S(=O)(=O)C(F)F)CCCCC1. The minimum atomic E-state index is -4.68. The molecule has 0 aromatic heterocycles. The van der Waals surface area contributed by atoms with Crippen LogP contribution in [0.5, 0.6) is 5.75 Å². The second kappa shape index (κ2) is 6.27. The highest BCUT2D eigenvalue weighted by molar-refractivity contribution is 7.91. The molecule has 1 aromatic rings. The summed E-state index contributed by atoms with van der Waals surface area (Å²) in [6.07, 6.45) is 4.69. The van der Waals surface area contributed by atoms with Crippen LogP contribution < -0.4 is 10.5 Å². The average molecular weight is 319 g/mol. The third-order valence-corrected chi connectivity index (χ3v) is 5.17. The number of alkyl halides is 2. The lowest BCUT2D eigenvalue weighted by Gasteiger charge is -2.33. The summed E-state index contributed by atoms with van der Waals surface area (Å²) in [6, 6.07) is 5.44. The monoisotopic (exact) mass is 319 g/mol. The van der Waals surface area contributed by atoms with Crippen LogP contribution in [0.4, 0.5) is 8.78 Å². The van der Waals surface area contributed by atoms with E-state index in [9.17, 15) is 17.2 Å². The molecular weight excluding hydrogens is 300 g/mol. The molecule has 0 saturated heterocycles. The fraction of sp³-hybridized carbons (Fsp3) is 0.571. The lowest BCUT2D eigenvalue weighted by molar-refractivity contribution is 0.170. The standard InChI is InChI=1S/C14H19F2NO3S/c15-13(16)21(18,19)12-7-3-2-6-11(12)20-10-14(17)8-4-1-5-9-14/h2-3,6-7,13H,1,4-5,8-10,17H2. The van der Waals surface area contributed by atoms with Gasteiger partial charge in [0, 0.05) is 0 Å². The zero-order chi connectivity index (χ0) is 15.5. The van der Waals surface area contributed by atoms with E-state index in [2.05, 4.69) is 0 Å². The first-order chi connectivity index (χ1) is 9.85. The first-order valence-corrected chi connectivity index (χ1v) is 8.43. The Balaban J connectivity index is 2.18. The summed E-state index contributed by atoms with van der Waals surface area (Å²) in [6.45, 7) is 0.128. The number of nitrogens with two attached hydrogens (primary N) is 1. The minimum Gasteiger partial charge on any atom is -0.490 e. The summed E-state index contributed by atoms with van der Waals surface area (Å²) in [5, 5.41) is 0. The van der Waals surface area contributed by atoms with E-state index < -0.39 is 26.0 Å². The van der Waals surface area contributed by atoms with Gasteiger partial charge in [-0.1, -0.05) is 31.4 Å². The number of hydrogen-bond donors (Lipinski definition) is 1. The Morgan fingerprint density at radius 3 is 2.43 bits per heavy atom. The van der Waals surface area contributed by atoms with E-state index in [4.69, 9.17) is 10.5 Å². The first-order valence-electron chi connectivity index (χ1n) is 6.88. The second-order valence-corrected chi connectivity index (χ2v) is 7.35. The third kappa shape index (κ3) is 3.71. The Hall–Kier alpha value is -1.21. The molecule has 4 nitrogen and oxygen atoms in total. The zero-order valence-corrected chi connectivity index (χ0v) is 12.4. The molecule has 0 aliphatic heterocycles. The van der Waals surface area contributed by atoms with Crippen molar-refractivity contribution < 1.29 is 21.9 Å². The zero-order valence-electron chi connectivity index (χ0n) is 11.6. The van der Waals surface area contributed by atoms with Crippen molar-refractivity contribution >= 4 is 9.84 Å². The van der Waals surface area contributed by atoms with E-state index in [1.54, 1.807) is 6.07 Å². The molecule has 7 heteroatoms. The van der Waals surface area contributed by atoms with Crippen LogP contribution in [0.3, 0.4) is 0 Å². The van der Waals surface area contributed by atoms with Crippen molar-refractivity contribution in [2.45, 2.75) is 48.3 Å². The maximum atomic E-state index is 12.7. The number of ether oxygens (including phenoxy) is 1. The molecule has 118 valence electrons. The van der Waals surface area contributed by atoms with E-state index >= 15 is 0 Å². The van der Waals surface area contributed by atoms with E-state index in [0.717, 1.165) is 38.2 Å². The fourth-order valence-corrected chi connectivity index (χ4v) is 3.39. The molecule has 0 unspecified atom stereocenters. The summed E-state index contributed by atoms with van der Waals surface area (Å²) < 4.78 is 54.1. The van der Waals surface area contributed by atoms with Crippen LogP contribution in [0.1, 0.15) is 32.1 Å². The molecule has 1 aliphatic rings. The highest BCUT2D eigenvalue weighted by Crippen LogP contribution is 2.31. The number of halogens is 2. The normalized spacial score (nSPS) is 18.7. The molecular formula is C14H19F2NO3S. The van der Waals surface area contributed by atoms with Gasteiger partial charge in [-0.3, -0.25) is 0 Å². The smallest absolute Gasteiger partial charge is 0.341 e. The van der Waals surface area contributed by atoms with Gasteiger partial charge in [-0.25, -0.2) is 8.42 Å². The largest absolute Gasteiger partial charge is 0.490 e. The van der Waals surface area contributed by atoms with Gasteiger partial charge < -0.3 is 10.5 Å². The molecule has 1 saturated carbocycles. The fourth-order valence-electron chi connectivity index (χ4n) is 2.52. The quantitative estimate of drug-likeness (QED) is 0.906. The van der Waals surface area contributed by atoms with Crippen LogP contribution in [0.25, 0.3) is 0 Å². The number of para-hydroxylation sites is 1. The predicted octanol–water partition coefficient (Wildman–Crippen LogP) is 2.72. The molecule has 0 atom stereocenters. The molecule has 0 radical (unpaired) electrons. The Bertz CT molecular complexity index is 584. The lowest BCUT2D eigenvalue weighted by Crippen LogP contribution is -2.47. The summed E-state index contributed by atoms with van der Waals surface area (Å²) >= 11 is 0. The molecule has 0 amide bonds. The number of hydrogen-bond acceptors (Lipinski definition) is 4. The molecule has 2 rings (SSSR count). The van der Waals surface area contributed by atoms with Gasteiger partial charge in [-0.05, 0) is 25.0 Å². The molecule has 1 fully saturated rings. The van der Waals surface area contributed by atoms with Crippen molar-refractivity contribution in [2.75, 3.05) is 6.61 Å². The van der Waals surface area contributed by atoms with E-state index in [-0.39, 0.29) is 12.4 Å². The van der Waals surface area contributed by atoms with Crippen LogP contribution in [-0.2, 0) is 9.84 Å². The van der Waals surface area contributed by atoms with Crippen molar-refractivity contribution in [3.8, 4) is 5.75 Å². The summed E-state index contributed by atoms with van der Waals surface area (Å²) in [5.41, 5.74) is 5.69. The van der Waals surface area contributed by atoms with Crippen LogP contribution in [-0.4, -0.2) is 26.3 Å². The third-order valence-electron chi connectivity index (χ3n) is 3.75. The maximum absolute atomic E-state index is 12.7. The van der Waals surface area contributed by atoms with Crippen molar-refractivity contribution in [2.24, 2.45) is 5.73 Å². The minimum absolute atomic E-state index is 0.0619. The molecule has 1 aromatic carbocycles. The average Bonchev–Trinajstić information content (AvgIpc) is 2.46. The van der Waals surface area contributed by atoms with Gasteiger partial charge in [0.15, 0.2) is 0 Å². The van der Waals surface area contributed by atoms with Crippen molar-refractivity contribution in [1.29, 1.82) is 0 Å². The van der Waals surface area contributed by atoms with Crippen LogP contribution in [0.15, 0.2) is 29.2 Å². The summed E-state index contributed by atoms with van der Waals surface area (Å²) in [5.74, 6) is -3.53. The molecule has 21 heavy (non-hydrogen) atoms. The van der Waals surface area contributed by atoms with Gasteiger partial charge in [0.1, 0.15) is 17.3 Å². The predicted molar refractivity (Wildman–Crippen MR) is 75.1 cm³/mol. The van der Waals surface area contributed by atoms with E-state index in [0.29, 0.717) is 0 Å². The van der Waals surface area contributed by atoms with Gasteiger partial charge in [-0.2, -0.15) is 8.78 Å². The Morgan fingerprint density at radius 1 is 1.19 bits per heavy atom. The van der Waals surface area contributed by atoms with E-state index in [1.165, 1.54) is 12.1 Å². The highest BCUT2D eigenvalue weighted by Gasteiger charge is 2.32. The Labute approximate surface area is 123 Å². The maximum Gasteiger partial charge on any atom is 0.341 e. The van der Waals surface area contributed by atoms with Crippen molar-refractivity contribution in [3.05, 3.63) is 24.3 Å². The molecule has 1 aliphatic carbocycles. The highest BCUT2D eigenvalue weighted by atomic mass is 32.2. The van der Waals surface area contributed by atoms with Gasteiger partial charge in [0.25, 0.3) is 0 Å². The summed E-state index contributed by atoms with van der Waals surface area (Å²) in [4.78, 5) is -0.487. The molecule has 0 heterocycles.